The molecular formula is C12H16BrNO4. The number of ether oxygens (including phenoxy) is 2. The molecule has 100 valence electrons. The van der Waals surface area contributed by atoms with Crippen LogP contribution in [-0.4, -0.2) is 30.1 Å². The van der Waals surface area contributed by atoms with Gasteiger partial charge in [0.25, 0.3) is 0 Å². The highest BCUT2D eigenvalue weighted by molar-refractivity contribution is 9.08. The molecule has 1 aromatic heterocycles. The third-order valence-corrected chi connectivity index (χ3v) is 3.03. The number of hydrogen-bond donors (Lipinski definition) is 1. The second kappa shape index (κ2) is 6.58. The van der Waals surface area contributed by atoms with Crippen molar-refractivity contribution >= 4 is 27.9 Å². The van der Waals surface area contributed by atoms with E-state index in [2.05, 4.69) is 20.9 Å². The van der Waals surface area contributed by atoms with Gasteiger partial charge < -0.3 is 14.5 Å². The number of halogens is 1. The van der Waals surface area contributed by atoms with E-state index in [-0.39, 0.29) is 13.2 Å². The first kappa shape index (κ1) is 14.8. The van der Waals surface area contributed by atoms with E-state index in [1.807, 2.05) is 0 Å². The zero-order valence-corrected chi connectivity index (χ0v) is 12.2. The highest BCUT2D eigenvalue weighted by Gasteiger charge is 2.23. The normalized spacial score (nSPS) is 10.2. The zero-order chi connectivity index (χ0) is 13.7. The number of carbonyl (C=O) groups excluding carboxylic acids is 2. The van der Waals surface area contributed by atoms with E-state index >= 15 is 0 Å². The third-order valence-electron chi connectivity index (χ3n) is 2.47. The molecule has 5 nitrogen and oxygen atoms in total. The van der Waals surface area contributed by atoms with Crippen LogP contribution in [-0.2, 0) is 14.8 Å². The lowest BCUT2D eigenvalue weighted by Gasteiger charge is -2.01. The SMILES string of the molecule is CCOC(=O)c1[nH]c(C(=O)OCC)c(CBr)c1C. The van der Waals surface area contributed by atoms with Crippen LogP contribution in [0.1, 0.15) is 46.0 Å². The highest BCUT2D eigenvalue weighted by atomic mass is 79.9. The van der Waals surface area contributed by atoms with Crippen LogP contribution >= 0.6 is 15.9 Å². The number of rotatable bonds is 5. The molecule has 0 aromatic carbocycles. The van der Waals surface area contributed by atoms with Gasteiger partial charge in [0.2, 0.25) is 0 Å². The monoisotopic (exact) mass is 317 g/mol. The number of aromatic amines is 1. The van der Waals surface area contributed by atoms with Gasteiger partial charge in [-0.05, 0) is 31.9 Å². The van der Waals surface area contributed by atoms with Gasteiger partial charge in [0.15, 0.2) is 0 Å². The summed E-state index contributed by atoms with van der Waals surface area (Å²) in [7, 11) is 0. The largest absolute Gasteiger partial charge is 0.461 e. The van der Waals surface area contributed by atoms with Crippen LogP contribution in [0.4, 0.5) is 0 Å². The molecule has 0 radical (unpaired) electrons. The van der Waals surface area contributed by atoms with Gasteiger partial charge in [0, 0.05) is 5.33 Å². The van der Waals surface area contributed by atoms with Crippen molar-refractivity contribution in [1.29, 1.82) is 0 Å². The topological polar surface area (TPSA) is 68.4 Å². The number of carbonyl (C=O) groups is 2. The second-order valence-corrected chi connectivity index (χ2v) is 4.11. The third kappa shape index (κ3) is 2.93. The second-order valence-electron chi connectivity index (χ2n) is 3.55. The van der Waals surface area contributed by atoms with Crippen LogP contribution in [0.2, 0.25) is 0 Å². The van der Waals surface area contributed by atoms with Gasteiger partial charge in [-0.1, -0.05) is 15.9 Å². The fourth-order valence-corrected chi connectivity index (χ4v) is 2.29. The minimum atomic E-state index is -0.467. The van der Waals surface area contributed by atoms with E-state index in [1.165, 1.54) is 0 Å². The van der Waals surface area contributed by atoms with Gasteiger partial charge in [0.05, 0.1) is 13.2 Å². The molecule has 6 heteroatoms. The molecule has 1 heterocycles. The van der Waals surface area contributed by atoms with Gasteiger partial charge in [-0.25, -0.2) is 9.59 Å². The average Bonchev–Trinajstić information content (AvgIpc) is 2.67. The van der Waals surface area contributed by atoms with Gasteiger partial charge in [0.1, 0.15) is 11.4 Å². The van der Waals surface area contributed by atoms with Gasteiger partial charge in [-0.3, -0.25) is 0 Å². The van der Waals surface area contributed by atoms with E-state index in [9.17, 15) is 9.59 Å². The Morgan fingerprint density at radius 3 is 2.06 bits per heavy atom. The lowest BCUT2D eigenvalue weighted by Crippen LogP contribution is -2.09. The van der Waals surface area contributed by atoms with Gasteiger partial charge in [-0.15, -0.1) is 0 Å². The van der Waals surface area contributed by atoms with Crippen LogP contribution in [0, 0.1) is 6.92 Å². The summed E-state index contributed by atoms with van der Waals surface area (Å²) in [4.78, 5) is 26.2. The molecule has 18 heavy (non-hydrogen) atoms. The quantitative estimate of drug-likeness (QED) is 0.669. The summed E-state index contributed by atoms with van der Waals surface area (Å²) in [5, 5.41) is 0.461. The highest BCUT2D eigenvalue weighted by Crippen LogP contribution is 2.22. The Kier molecular flexibility index (Phi) is 5.40. The molecule has 0 saturated carbocycles. The molecule has 0 unspecified atom stereocenters. The number of nitrogens with one attached hydrogen (secondary N) is 1. The molecule has 1 N–H and O–H groups in total. The van der Waals surface area contributed by atoms with Crippen molar-refractivity contribution in [3.63, 3.8) is 0 Å². The number of H-pyrrole nitrogens is 1. The summed E-state index contributed by atoms with van der Waals surface area (Å²) in [6.45, 7) is 5.80. The molecule has 0 saturated heterocycles. The lowest BCUT2D eigenvalue weighted by molar-refractivity contribution is 0.0515. The van der Waals surface area contributed by atoms with Crippen molar-refractivity contribution in [1.82, 2.24) is 4.98 Å². The minimum Gasteiger partial charge on any atom is -0.461 e. The maximum absolute atomic E-state index is 11.7. The predicted molar refractivity (Wildman–Crippen MR) is 70.1 cm³/mol. The molecule has 1 aromatic rings. The number of aromatic nitrogens is 1. The Balaban J connectivity index is 3.16. The molecule has 0 aliphatic rings. The number of alkyl halides is 1. The number of esters is 2. The summed E-state index contributed by atoms with van der Waals surface area (Å²) in [6.07, 6.45) is 0. The van der Waals surface area contributed by atoms with E-state index < -0.39 is 11.9 Å². The molecule has 0 amide bonds. The molecule has 0 aliphatic carbocycles. The van der Waals surface area contributed by atoms with Crippen molar-refractivity contribution in [2.75, 3.05) is 13.2 Å². The van der Waals surface area contributed by atoms with Crippen LogP contribution < -0.4 is 0 Å². The first-order valence-corrected chi connectivity index (χ1v) is 6.80. The van der Waals surface area contributed by atoms with Crippen molar-refractivity contribution < 1.29 is 19.1 Å². The maximum Gasteiger partial charge on any atom is 0.355 e. The molecule has 0 spiro atoms. The van der Waals surface area contributed by atoms with Crippen molar-refractivity contribution in [3.05, 3.63) is 22.5 Å². The maximum atomic E-state index is 11.7. The minimum absolute atomic E-state index is 0.285. The van der Waals surface area contributed by atoms with Crippen LogP contribution in [0.3, 0.4) is 0 Å². The Bertz CT molecular complexity index is 453. The number of hydrogen-bond acceptors (Lipinski definition) is 4. The van der Waals surface area contributed by atoms with Crippen LogP contribution in [0.15, 0.2) is 0 Å². The predicted octanol–water partition coefficient (Wildman–Crippen LogP) is 2.57. The van der Waals surface area contributed by atoms with Crippen molar-refractivity contribution in [2.45, 2.75) is 26.1 Å². The van der Waals surface area contributed by atoms with Gasteiger partial charge in [-0.2, -0.15) is 0 Å². The Hall–Kier alpha value is -1.30. The van der Waals surface area contributed by atoms with Crippen LogP contribution in [0.25, 0.3) is 0 Å². The van der Waals surface area contributed by atoms with Crippen molar-refractivity contribution in [2.24, 2.45) is 0 Å². The van der Waals surface area contributed by atoms with Crippen molar-refractivity contribution in [3.8, 4) is 0 Å². The lowest BCUT2D eigenvalue weighted by atomic mass is 10.1. The molecular weight excluding hydrogens is 302 g/mol. The van der Waals surface area contributed by atoms with E-state index in [1.54, 1.807) is 20.8 Å². The summed E-state index contributed by atoms with van der Waals surface area (Å²) >= 11 is 3.30. The van der Waals surface area contributed by atoms with E-state index in [0.29, 0.717) is 22.3 Å². The molecule has 0 bridgehead atoms. The molecule has 0 aliphatic heterocycles. The van der Waals surface area contributed by atoms with Crippen LogP contribution in [0.5, 0.6) is 0 Å². The smallest absolute Gasteiger partial charge is 0.355 e. The van der Waals surface area contributed by atoms with E-state index in [0.717, 1.165) is 5.56 Å². The summed E-state index contributed by atoms with van der Waals surface area (Å²) < 4.78 is 9.86. The molecule has 1 rings (SSSR count). The molecule has 0 atom stereocenters. The molecule has 0 fully saturated rings. The Morgan fingerprint density at radius 2 is 1.61 bits per heavy atom. The first-order valence-electron chi connectivity index (χ1n) is 5.68. The summed E-state index contributed by atoms with van der Waals surface area (Å²) in [6, 6.07) is 0. The fourth-order valence-electron chi connectivity index (χ4n) is 1.58. The standard InChI is InChI=1S/C12H16BrNO4/c1-4-17-11(15)9-7(3)8(6-13)10(14-9)12(16)18-5-2/h14H,4-6H2,1-3H3. The Morgan fingerprint density at radius 1 is 1.11 bits per heavy atom. The fraction of sp³-hybridized carbons (Fsp3) is 0.500. The summed E-state index contributed by atoms with van der Waals surface area (Å²) in [5.74, 6) is -0.932. The van der Waals surface area contributed by atoms with E-state index in [4.69, 9.17) is 9.47 Å². The van der Waals surface area contributed by atoms with Gasteiger partial charge >= 0.3 is 11.9 Å². The zero-order valence-electron chi connectivity index (χ0n) is 10.6. The first-order chi connectivity index (χ1) is 8.56. The average molecular weight is 318 g/mol. The Labute approximate surface area is 114 Å². The summed E-state index contributed by atoms with van der Waals surface area (Å²) in [5.41, 5.74) is 2.02.